The summed E-state index contributed by atoms with van der Waals surface area (Å²) < 4.78 is 9.40. The minimum atomic E-state index is -0.699. The van der Waals surface area contributed by atoms with Crippen LogP contribution in [-0.2, 0) is 19.1 Å². The molecule has 0 fully saturated rings. The molecule has 0 saturated carbocycles. The van der Waals surface area contributed by atoms with Gasteiger partial charge >= 0.3 is 12.2 Å². The van der Waals surface area contributed by atoms with Gasteiger partial charge < -0.3 is 30.7 Å². The zero-order chi connectivity index (χ0) is 45.8. The summed E-state index contributed by atoms with van der Waals surface area (Å²) in [4.78, 5) is 47.4. The van der Waals surface area contributed by atoms with E-state index in [0.29, 0.717) is 39.0 Å². The smallest absolute Gasteiger partial charge is 0.356 e. The number of ether oxygens (including phenoxy) is 2. The van der Waals surface area contributed by atoms with Crippen molar-refractivity contribution in [2.75, 3.05) is 26.2 Å². The molecule has 0 aromatic heterocycles. The van der Waals surface area contributed by atoms with Crippen molar-refractivity contribution in [3.05, 3.63) is 0 Å². The van der Waals surface area contributed by atoms with Gasteiger partial charge in [0.1, 0.15) is 18.6 Å². The number of carbonyl (C=O) groups excluding carboxylic acids is 4. The van der Waals surface area contributed by atoms with Crippen molar-refractivity contribution in [2.24, 2.45) is 0 Å². The lowest BCUT2D eigenvalue weighted by Crippen LogP contribution is -2.32. The molecule has 0 radical (unpaired) electrons. The van der Waals surface area contributed by atoms with E-state index >= 15 is 0 Å². The first-order chi connectivity index (χ1) is 31.0. The third kappa shape index (κ3) is 44.1. The fraction of sp³-hybridized carbons (Fsp3) is 0.245. The van der Waals surface area contributed by atoms with E-state index in [0.717, 1.165) is 38.5 Å². The van der Waals surface area contributed by atoms with Gasteiger partial charge in [-0.2, -0.15) is 0 Å². The predicted octanol–water partition coefficient (Wildman–Crippen LogP) is 1.42. The topological polar surface area (TPSA) is 135 Å². The summed E-state index contributed by atoms with van der Waals surface area (Å²) in [5.41, 5.74) is 0. The normalized spacial score (nSPS) is 6.70. The SMILES string of the molecule is C#CC#CC#CC#CC#CC#CC#CC#CC#COC(=O)NCCCCCCNC(=O)CC(=O)NCCCCCCNC(=O)OC#CC#CC#CC#CC#CC#CC#CC#CC#C. The molecule has 0 bridgehead atoms. The zero-order valence-corrected chi connectivity index (χ0v) is 33.8. The molecule has 0 aliphatic heterocycles. The predicted molar refractivity (Wildman–Crippen MR) is 239 cm³/mol. The van der Waals surface area contributed by atoms with E-state index in [-0.39, 0.29) is 18.2 Å². The van der Waals surface area contributed by atoms with Gasteiger partial charge in [0.2, 0.25) is 11.8 Å². The molecule has 0 heterocycles. The molecule has 0 spiro atoms. The molecular formula is C53H32N4O6. The number of terminal acetylenes is 2. The fourth-order valence-electron chi connectivity index (χ4n) is 3.47. The van der Waals surface area contributed by atoms with Crippen molar-refractivity contribution in [1.82, 2.24) is 21.3 Å². The second-order valence-electron chi connectivity index (χ2n) is 10.6. The highest BCUT2D eigenvalue weighted by molar-refractivity contribution is 5.96. The third-order valence-corrected chi connectivity index (χ3v) is 6.00. The Balaban J connectivity index is 3.88. The highest BCUT2D eigenvalue weighted by atomic mass is 16.5. The van der Waals surface area contributed by atoms with E-state index in [9.17, 15) is 19.2 Å². The van der Waals surface area contributed by atoms with Gasteiger partial charge in [-0.1, -0.05) is 25.7 Å². The molecular weight excluding hydrogens is 789 g/mol. The van der Waals surface area contributed by atoms with Gasteiger partial charge in [0.25, 0.3) is 0 Å². The molecule has 0 atom stereocenters. The quantitative estimate of drug-likeness (QED) is 0.106. The summed E-state index contributed by atoms with van der Waals surface area (Å²) >= 11 is 0. The van der Waals surface area contributed by atoms with Crippen LogP contribution in [0.1, 0.15) is 57.8 Å². The molecule has 10 nitrogen and oxygen atoms in total. The molecule has 0 aliphatic rings. The fourth-order valence-corrected chi connectivity index (χ4v) is 3.47. The van der Waals surface area contributed by atoms with Crippen LogP contribution in [0.25, 0.3) is 0 Å². The molecule has 0 rings (SSSR count). The standard InChI is InChI=1S/C53H32N4O6/c1-3-5-7-9-11-13-15-17-19-21-23-25-27-29-35-41-47-62-52(60)56-45-39-33-31-37-43-54-50(58)49-51(59)55-44-38-32-34-40-46-57-53(61)63-48-42-36-30-28-26-24-22-20-18-16-14-12-10-8-6-4-2/h1-2H,31-34,37-40,43-46,49H2,(H,54,58)(H,55,59)(H,56,60)(H,57,61). The lowest BCUT2D eigenvalue weighted by molar-refractivity contribution is -0.129. The lowest BCUT2D eigenvalue weighted by Gasteiger charge is -2.07. The Morgan fingerprint density at radius 2 is 0.524 bits per heavy atom. The molecule has 4 N–H and O–H groups in total. The van der Waals surface area contributed by atoms with Crippen molar-refractivity contribution < 1.29 is 28.7 Å². The van der Waals surface area contributed by atoms with Crippen LogP contribution >= 0.6 is 0 Å². The average molecular weight is 821 g/mol. The van der Waals surface area contributed by atoms with Gasteiger partial charge in [0, 0.05) is 121 Å². The Morgan fingerprint density at radius 1 is 0.302 bits per heavy atom. The van der Waals surface area contributed by atoms with E-state index < -0.39 is 12.2 Å². The Kier molecular flexibility index (Phi) is 36.9. The maximum Gasteiger partial charge on any atom is 0.421 e. The number of amides is 4. The maximum atomic E-state index is 12.0. The highest BCUT2D eigenvalue weighted by Crippen LogP contribution is 1.99. The minimum Gasteiger partial charge on any atom is -0.356 e. The van der Waals surface area contributed by atoms with Crippen LogP contribution in [0.2, 0.25) is 0 Å². The molecule has 0 saturated heterocycles. The second kappa shape index (κ2) is 44.3. The van der Waals surface area contributed by atoms with Gasteiger partial charge in [-0.3, -0.25) is 9.59 Å². The Labute approximate surface area is 371 Å². The summed E-state index contributed by atoms with van der Waals surface area (Å²) in [7, 11) is 0. The van der Waals surface area contributed by atoms with Crippen LogP contribution in [-0.4, -0.2) is 50.2 Å². The summed E-state index contributed by atoms with van der Waals surface area (Å²) in [6.07, 6.45) is 18.7. The van der Waals surface area contributed by atoms with Crippen LogP contribution in [0.5, 0.6) is 0 Å². The number of unbranched alkanes of at least 4 members (excludes halogenated alkanes) is 6. The first-order valence-electron chi connectivity index (χ1n) is 18.3. The zero-order valence-electron chi connectivity index (χ0n) is 33.8. The largest absolute Gasteiger partial charge is 0.421 e. The van der Waals surface area contributed by atoms with Crippen molar-refractivity contribution >= 4 is 24.0 Å². The molecule has 4 amide bonds. The van der Waals surface area contributed by atoms with Crippen LogP contribution in [0.3, 0.4) is 0 Å². The lowest BCUT2D eigenvalue weighted by atomic mass is 10.2. The number of hydrogen-bond acceptors (Lipinski definition) is 6. The monoisotopic (exact) mass is 820 g/mol. The van der Waals surface area contributed by atoms with Crippen LogP contribution in [0.15, 0.2) is 0 Å². The van der Waals surface area contributed by atoms with E-state index in [4.69, 9.17) is 22.3 Å². The van der Waals surface area contributed by atoms with Crippen molar-refractivity contribution in [3.63, 3.8) is 0 Å². The molecule has 10 heteroatoms. The van der Waals surface area contributed by atoms with E-state index in [2.05, 4.69) is 223 Å². The molecule has 300 valence electrons. The molecule has 0 aromatic carbocycles. The molecule has 0 aliphatic carbocycles. The number of alkyl carbamates (subject to hydrolysis) is 2. The highest BCUT2D eigenvalue weighted by Gasteiger charge is 2.08. The van der Waals surface area contributed by atoms with Gasteiger partial charge in [-0.25, -0.2) is 9.59 Å². The van der Waals surface area contributed by atoms with Gasteiger partial charge in [-0.15, -0.1) is 12.8 Å². The summed E-state index contributed by atoms with van der Waals surface area (Å²) in [5.74, 6) is 76.4. The minimum absolute atomic E-state index is 0.252. The number of nitrogens with one attached hydrogen (secondary N) is 4. The first-order valence-corrected chi connectivity index (χ1v) is 18.3. The number of rotatable bonds is 16. The second-order valence-corrected chi connectivity index (χ2v) is 10.6. The summed E-state index contributed by atoms with van der Waals surface area (Å²) in [5, 5.41) is 10.6. The molecule has 63 heavy (non-hydrogen) atoms. The summed E-state index contributed by atoms with van der Waals surface area (Å²) in [6.45, 7) is 1.66. The van der Waals surface area contributed by atoms with Gasteiger partial charge in [-0.05, 0) is 120 Å². The van der Waals surface area contributed by atoms with Gasteiger partial charge in [0.15, 0.2) is 0 Å². The Bertz CT molecular complexity index is 2630. The number of hydrogen-bond donors (Lipinski definition) is 4. The molecule has 0 unspecified atom stereocenters. The van der Waals surface area contributed by atoms with Crippen molar-refractivity contribution in [3.8, 4) is 215 Å². The van der Waals surface area contributed by atoms with E-state index in [1.165, 1.54) is 0 Å². The van der Waals surface area contributed by atoms with Crippen LogP contribution < -0.4 is 21.3 Å². The average Bonchev–Trinajstić information content (AvgIpc) is 3.27. The van der Waals surface area contributed by atoms with E-state index in [1.54, 1.807) is 0 Å². The van der Waals surface area contributed by atoms with Crippen molar-refractivity contribution in [1.29, 1.82) is 0 Å². The van der Waals surface area contributed by atoms with Crippen LogP contribution in [0, 0.1) is 215 Å². The van der Waals surface area contributed by atoms with E-state index in [1.807, 2.05) is 0 Å². The Morgan fingerprint density at radius 3 is 0.778 bits per heavy atom. The van der Waals surface area contributed by atoms with Crippen molar-refractivity contribution in [2.45, 2.75) is 57.8 Å². The van der Waals surface area contributed by atoms with Gasteiger partial charge in [0.05, 0.1) is 0 Å². The number of carbonyl (C=O) groups is 4. The first kappa shape index (κ1) is 52.6. The third-order valence-electron chi connectivity index (χ3n) is 6.00. The molecule has 0 aromatic rings. The maximum absolute atomic E-state index is 12.0. The van der Waals surface area contributed by atoms with Crippen LogP contribution in [0.4, 0.5) is 9.59 Å². The Hall–Kier alpha value is -10.4. The summed E-state index contributed by atoms with van der Waals surface area (Å²) in [6, 6.07) is 0.